The molecule has 1 atom stereocenters. The number of aliphatic hydroxyl groups is 1. The van der Waals surface area contributed by atoms with Gasteiger partial charge in [0, 0.05) is 7.11 Å². The highest BCUT2D eigenvalue weighted by Gasteiger charge is 2.11. The summed E-state index contributed by atoms with van der Waals surface area (Å²) in [6, 6.07) is 9.90. The molecule has 100 valence electrons. The zero-order chi connectivity index (χ0) is 13.4. The summed E-state index contributed by atoms with van der Waals surface area (Å²) in [5, 5.41) is 9.72. The molecule has 0 unspecified atom stereocenters. The van der Waals surface area contributed by atoms with Crippen LogP contribution in [0.15, 0.2) is 42.5 Å². The minimum Gasteiger partial charge on any atom is -0.387 e. The highest BCUT2D eigenvalue weighted by atomic mass is 16.5. The van der Waals surface area contributed by atoms with Crippen LogP contribution in [0.25, 0.3) is 0 Å². The van der Waals surface area contributed by atoms with Crippen LogP contribution in [-0.4, -0.2) is 30.5 Å². The smallest absolute Gasteiger partial charge is 0.0955 e. The summed E-state index contributed by atoms with van der Waals surface area (Å²) in [6.07, 6.45) is 2.93. The van der Waals surface area contributed by atoms with Gasteiger partial charge in [-0.25, -0.2) is 0 Å². The number of rotatable bonds is 7. The first kappa shape index (κ1) is 14.9. The molecule has 1 aromatic carbocycles. The van der Waals surface area contributed by atoms with Crippen molar-refractivity contribution in [1.82, 2.24) is 0 Å². The molecule has 0 saturated heterocycles. The Balaban J connectivity index is 2.27. The molecule has 3 nitrogen and oxygen atoms in total. The van der Waals surface area contributed by atoms with Gasteiger partial charge < -0.3 is 14.6 Å². The minimum atomic E-state index is -0.608. The molecule has 0 aliphatic carbocycles. The van der Waals surface area contributed by atoms with Crippen LogP contribution in [0, 0.1) is 0 Å². The van der Waals surface area contributed by atoms with Crippen molar-refractivity contribution in [3.63, 3.8) is 0 Å². The second-order valence-corrected chi connectivity index (χ2v) is 4.73. The fourth-order valence-electron chi connectivity index (χ4n) is 1.34. The molecule has 0 aromatic heterocycles. The fourth-order valence-corrected chi connectivity index (χ4v) is 1.34. The molecule has 1 N–H and O–H groups in total. The van der Waals surface area contributed by atoms with Crippen LogP contribution in [-0.2, 0) is 16.1 Å². The van der Waals surface area contributed by atoms with Gasteiger partial charge in [-0.15, -0.1) is 0 Å². The molecule has 18 heavy (non-hydrogen) atoms. The number of ether oxygens (including phenoxy) is 2. The van der Waals surface area contributed by atoms with Gasteiger partial charge in [-0.2, -0.15) is 0 Å². The van der Waals surface area contributed by atoms with E-state index in [1.165, 1.54) is 0 Å². The van der Waals surface area contributed by atoms with E-state index in [-0.39, 0.29) is 12.2 Å². The Morgan fingerprint density at radius 3 is 2.56 bits per heavy atom. The number of hydrogen-bond acceptors (Lipinski definition) is 3. The van der Waals surface area contributed by atoms with E-state index >= 15 is 0 Å². The van der Waals surface area contributed by atoms with E-state index in [4.69, 9.17) is 9.47 Å². The van der Waals surface area contributed by atoms with Gasteiger partial charge in [-0.3, -0.25) is 0 Å². The molecular weight excluding hydrogens is 228 g/mol. The monoisotopic (exact) mass is 250 g/mol. The van der Waals surface area contributed by atoms with E-state index in [0.717, 1.165) is 5.56 Å². The van der Waals surface area contributed by atoms with Crippen LogP contribution in [0.2, 0.25) is 0 Å². The van der Waals surface area contributed by atoms with Gasteiger partial charge in [-0.05, 0) is 19.4 Å². The lowest BCUT2D eigenvalue weighted by Gasteiger charge is -2.18. The molecule has 0 amide bonds. The number of aliphatic hydroxyl groups excluding tert-OH is 1. The Kier molecular flexibility index (Phi) is 6.05. The molecule has 0 heterocycles. The lowest BCUT2D eigenvalue weighted by molar-refractivity contribution is 0.0451. The van der Waals surface area contributed by atoms with E-state index in [0.29, 0.717) is 6.61 Å². The number of hydrogen-bond donors (Lipinski definition) is 1. The van der Waals surface area contributed by atoms with Gasteiger partial charge in [0.1, 0.15) is 0 Å². The van der Waals surface area contributed by atoms with E-state index in [1.807, 2.05) is 50.3 Å². The second kappa shape index (κ2) is 7.31. The van der Waals surface area contributed by atoms with Crippen molar-refractivity contribution in [3.05, 3.63) is 48.0 Å². The predicted molar refractivity (Wildman–Crippen MR) is 72.3 cm³/mol. The molecule has 1 rings (SSSR count). The maximum absolute atomic E-state index is 9.72. The molecule has 0 saturated carbocycles. The zero-order valence-corrected chi connectivity index (χ0v) is 11.3. The molecule has 1 aromatic rings. The molecule has 0 spiro atoms. The third-order valence-corrected chi connectivity index (χ3v) is 2.65. The van der Waals surface area contributed by atoms with E-state index in [2.05, 4.69) is 0 Å². The summed E-state index contributed by atoms with van der Waals surface area (Å²) in [6.45, 7) is 4.66. The topological polar surface area (TPSA) is 38.7 Å². The van der Waals surface area contributed by atoms with Crippen LogP contribution in [0.3, 0.4) is 0 Å². The van der Waals surface area contributed by atoms with Crippen molar-refractivity contribution in [2.45, 2.75) is 32.2 Å². The number of benzene rings is 1. The van der Waals surface area contributed by atoms with Gasteiger partial charge >= 0.3 is 0 Å². The van der Waals surface area contributed by atoms with E-state index < -0.39 is 6.10 Å². The first-order chi connectivity index (χ1) is 8.53. The Bertz CT molecular complexity index is 357. The van der Waals surface area contributed by atoms with Crippen molar-refractivity contribution in [2.24, 2.45) is 0 Å². The lowest BCUT2D eigenvalue weighted by Crippen LogP contribution is -2.20. The minimum absolute atomic E-state index is 0.283. The Labute approximate surface area is 109 Å². The largest absolute Gasteiger partial charge is 0.387 e. The Hall–Kier alpha value is -1.16. The molecule has 3 heteroatoms. The maximum atomic E-state index is 9.72. The summed E-state index contributed by atoms with van der Waals surface area (Å²) in [5.74, 6) is 0. The normalized spacial score (nSPS) is 14.0. The molecule has 0 aliphatic heterocycles. The van der Waals surface area contributed by atoms with Crippen LogP contribution < -0.4 is 0 Å². The zero-order valence-electron chi connectivity index (χ0n) is 11.3. The first-order valence-corrected chi connectivity index (χ1v) is 6.08. The van der Waals surface area contributed by atoms with Gasteiger partial charge in [0.25, 0.3) is 0 Å². The predicted octanol–water partition coefficient (Wildman–Crippen LogP) is 2.55. The summed E-state index contributed by atoms with van der Waals surface area (Å²) in [5.41, 5.74) is 0.742. The molecule has 0 bridgehead atoms. The van der Waals surface area contributed by atoms with Crippen molar-refractivity contribution in [1.29, 1.82) is 0 Å². The van der Waals surface area contributed by atoms with Crippen LogP contribution >= 0.6 is 0 Å². The van der Waals surface area contributed by atoms with Crippen LogP contribution in [0.4, 0.5) is 0 Å². The quantitative estimate of drug-likeness (QED) is 0.756. The van der Waals surface area contributed by atoms with Gasteiger partial charge in [0.05, 0.1) is 24.9 Å². The van der Waals surface area contributed by atoms with Gasteiger partial charge in [-0.1, -0.05) is 42.5 Å². The van der Waals surface area contributed by atoms with Gasteiger partial charge in [0.2, 0.25) is 0 Å². The third kappa shape index (κ3) is 5.96. The van der Waals surface area contributed by atoms with Crippen molar-refractivity contribution < 1.29 is 14.6 Å². The second-order valence-electron chi connectivity index (χ2n) is 4.73. The van der Waals surface area contributed by atoms with E-state index in [1.54, 1.807) is 13.2 Å². The molecule has 0 fully saturated rings. The van der Waals surface area contributed by atoms with Gasteiger partial charge in [0.15, 0.2) is 0 Å². The lowest BCUT2D eigenvalue weighted by atomic mass is 10.1. The molecule has 0 radical (unpaired) electrons. The maximum Gasteiger partial charge on any atom is 0.0955 e. The third-order valence-electron chi connectivity index (χ3n) is 2.65. The van der Waals surface area contributed by atoms with Crippen molar-refractivity contribution >= 4 is 0 Å². The van der Waals surface area contributed by atoms with Crippen molar-refractivity contribution in [2.75, 3.05) is 13.7 Å². The fraction of sp³-hybridized carbons (Fsp3) is 0.467. The average Bonchev–Trinajstić information content (AvgIpc) is 2.38. The Morgan fingerprint density at radius 1 is 1.28 bits per heavy atom. The van der Waals surface area contributed by atoms with E-state index in [9.17, 15) is 5.11 Å². The summed E-state index contributed by atoms with van der Waals surface area (Å²) in [7, 11) is 1.64. The summed E-state index contributed by atoms with van der Waals surface area (Å²) in [4.78, 5) is 0. The molecule has 0 aliphatic rings. The highest BCUT2D eigenvalue weighted by Crippen LogP contribution is 2.09. The van der Waals surface area contributed by atoms with Crippen LogP contribution in [0.1, 0.15) is 19.4 Å². The highest BCUT2D eigenvalue weighted by molar-refractivity contribution is 5.13. The number of methoxy groups -OCH3 is 1. The Morgan fingerprint density at radius 2 is 1.94 bits per heavy atom. The standard InChI is InChI=1S/C15H22O3/c1-15(2,17-3)10-9-14(16)12-18-11-13-7-5-4-6-8-13/h4-10,14,16H,11-12H2,1-3H3/b10-9+/t14-/m1/s1. The SMILES string of the molecule is COC(C)(C)/C=C/[C@@H](O)COCc1ccccc1. The molecular formula is C15H22O3. The average molecular weight is 250 g/mol. The van der Waals surface area contributed by atoms with Crippen LogP contribution in [0.5, 0.6) is 0 Å². The first-order valence-electron chi connectivity index (χ1n) is 6.08. The van der Waals surface area contributed by atoms with Crippen molar-refractivity contribution in [3.8, 4) is 0 Å². The summed E-state index contributed by atoms with van der Waals surface area (Å²) < 4.78 is 10.7. The summed E-state index contributed by atoms with van der Waals surface area (Å²) >= 11 is 0.